The van der Waals surface area contributed by atoms with E-state index in [1.54, 1.807) is 0 Å². The molecule has 1 fully saturated rings. The van der Waals surface area contributed by atoms with Gasteiger partial charge in [0, 0.05) is 12.5 Å². The monoisotopic (exact) mass is 191 g/mol. The Morgan fingerprint density at radius 3 is 2.67 bits per heavy atom. The molecule has 0 aromatic carbocycles. The molecule has 3 N–H and O–H groups in total. The lowest BCUT2D eigenvalue weighted by Crippen LogP contribution is -2.50. The first kappa shape index (κ1) is 10.3. The van der Waals surface area contributed by atoms with Gasteiger partial charge in [0.05, 0.1) is 18.8 Å². The van der Waals surface area contributed by atoms with Gasteiger partial charge in [-0.1, -0.05) is 0 Å². The van der Waals surface area contributed by atoms with Crippen LogP contribution in [0, 0.1) is 5.92 Å². The standard InChI is InChI=1S/C8H17NO2S/c1-8(6-9,11-3-2-10)7-4-12-5-7/h7,10H,2-6,9H2,1H3. The lowest BCUT2D eigenvalue weighted by molar-refractivity contribution is -0.0687. The van der Waals surface area contributed by atoms with E-state index in [0.29, 0.717) is 19.1 Å². The second kappa shape index (κ2) is 4.46. The van der Waals surface area contributed by atoms with Gasteiger partial charge >= 0.3 is 0 Å². The molecule has 1 aliphatic heterocycles. The molecule has 0 aromatic heterocycles. The molecule has 1 aliphatic rings. The van der Waals surface area contributed by atoms with Crippen molar-refractivity contribution < 1.29 is 9.84 Å². The maximum atomic E-state index is 8.63. The van der Waals surface area contributed by atoms with Gasteiger partial charge in [-0.3, -0.25) is 0 Å². The van der Waals surface area contributed by atoms with Crippen LogP contribution in [0.2, 0.25) is 0 Å². The third kappa shape index (κ3) is 2.13. The molecule has 0 spiro atoms. The molecule has 0 aliphatic carbocycles. The predicted molar refractivity (Wildman–Crippen MR) is 51.3 cm³/mol. The van der Waals surface area contributed by atoms with Gasteiger partial charge < -0.3 is 15.6 Å². The molecule has 12 heavy (non-hydrogen) atoms. The maximum Gasteiger partial charge on any atom is 0.0821 e. The van der Waals surface area contributed by atoms with E-state index in [0.717, 1.165) is 11.5 Å². The SMILES string of the molecule is CC(CN)(OCCO)C1CSC1. The van der Waals surface area contributed by atoms with Crippen molar-refractivity contribution in [3.8, 4) is 0 Å². The Morgan fingerprint density at radius 1 is 1.67 bits per heavy atom. The Bertz CT molecular complexity index is 141. The van der Waals surface area contributed by atoms with Crippen LogP contribution in [-0.2, 0) is 4.74 Å². The zero-order valence-corrected chi connectivity index (χ0v) is 8.27. The first-order valence-corrected chi connectivity index (χ1v) is 5.41. The number of aliphatic hydroxyl groups excluding tert-OH is 1. The van der Waals surface area contributed by atoms with E-state index >= 15 is 0 Å². The molecule has 1 unspecified atom stereocenters. The maximum absolute atomic E-state index is 8.63. The summed E-state index contributed by atoms with van der Waals surface area (Å²) in [5, 5.41) is 8.63. The van der Waals surface area contributed by atoms with E-state index in [9.17, 15) is 0 Å². The number of thioether (sulfide) groups is 1. The van der Waals surface area contributed by atoms with Crippen LogP contribution in [0.25, 0.3) is 0 Å². The van der Waals surface area contributed by atoms with Crippen molar-refractivity contribution in [2.45, 2.75) is 12.5 Å². The molecule has 0 aromatic rings. The molecule has 1 atom stereocenters. The zero-order chi connectivity index (χ0) is 9.03. The number of aliphatic hydroxyl groups is 1. The topological polar surface area (TPSA) is 55.5 Å². The highest BCUT2D eigenvalue weighted by Gasteiger charge is 2.38. The van der Waals surface area contributed by atoms with Gasteiger partial charge in [-0.25, -0.2) is 0 Å². The first-order chi connectivity index (χ1) is 5.73. The Kier molecular flexibility index (Phi) is 3.83. The number of hydrogen-bond acceptors (Lipinski definition) is 4. The summed E-state index contributed by atoms with van der Waals surface area (Å²) in [5.41, 5.74) is 5.43. The third-order valence-corrected chi connectivity index (χ3v) is 3.71. The van der Waals surface area contributed by atoms with E-state index in [1.807, 2.05) is 18.7 Å². The van der Waals surface area contributed by atoms with E-state index in [2.05, 4.69) is 0 Å². The fraction of sp³-hybridized carbons (Fsp3) is 1.00. The second-order valence-electron chi connectivity index (χ2n) is 3.32. The summed E-state index contributed by atoms with van der Waals surface area (Å²) in [6, 6.07) is 0. The normalized spacial score (nSPS) is 23.2. The summed E-state index contributed by atoms with van der Waals surface area (Å²) in [6.45, 7) is 3.05. The molecular formula is C8H17NO2S. The molecule has 0 amide bonds. The number of ether oxygens (including phenoxy) is 1. The van der Waals surface area contributed by atoms with Crippen molar-refractivity contribution in [2.24, 2.45) is 11.7 Å². The van der Waals surface area contributed by atoms with Gasteiger partial charge in [0.1, 0.15) is 0 Å². The molecule has 0 radical (unpaired) electrons. The second-order valence-corrected chi connectivity index (χ2v) is 4.40. The fourth-order valence-corrected chi connectivity index (χ4v) is 2.39. The van der Waals surface area contributed by atoms with Crippen LogP contribution in [-0.4, -0.2) is 42.0 Å². The zero-order valence-electron chi connectivity index (χ0n) is 7.45. The number of nitrogens with two attached hydrogens (primary N) is 1. The van der Waals surface area contributed by atoms with Crippen LogP contribution >= 0.6 is 11.8 Å². The summed E-state index contributed by atoms with van der Waals surface area (Å²) in [7, 11) is 0. The molecule has 4 heteroatoms. The van der Waals surface area contributed by atoms with Gasteiger partial charge in [-0.2, -0.15) is 11.8 Å². The van der Waals surface area contributed by atoms with Crippen molar-refractivity contribution in [1.82, 2.24) is 0 Å². The summed E-state index contributed by atoms with van der Waals surface area (Å²) >= 11 is 1.92. The molecule has 0 saturated carbocycles. The highest BCUT2D eigenvalue weighted by Crippen LogP contribution is 2.35. The predicted octanol–water partition coefficient (Wildman–Crippen LogP) is 0.0757. The minimum atomic E-state index is -0.214. The van der Waals surface area contributed by atoms with E-state index in [-0.39, 0.29) is 12.2 Å². The van der Waals surface area contributed by atoms with Crippen LogP contribution in [0.1, 0.15) is 6.92 Å². The molecule has 1 saturated heterocycles. The van der Waals surface area contributed by atoms with Crippen LogP contribution in [0.5, 0.6) is 0 Å². The lowest BCUT2D eigenvalue weighted by atomic mass is 9.91. The average molecular weight is 191 g/mol. The Balaban J connectivity index is 2.37. The average Bonchev–Trinajstić information content (AvgIpc) is 1.98. The minimum Gasteiger partial charge on any atom is -0.394 e. The summed E-state index contributed by atoms with van der Waals surface area (Å²) < 4.78 is 5.54. The quantitative estimate of drug-likeness (QED) is 0.646. The van der Waals surface area contributed by atoms with Crippen molar-refractivity contribution in [1.29, 1.82) is 0 Å². The van der Waals surface area contributed by atoms with Crippen LogP contribution in [0.15, 0.2) is 0 Å². The van der Waals surface area contributed by atoms with Gasteiger partial charge in [0.2, 0.25) is 0 Å². The minimum absolute atomic E-state index is 0.0788. The Labute approximate surface area is 77.7 Å². The van der Waals surface area contributed by atoms with Crippen LogP contribution < -0.4 is 5.73 Å². The van der Waals surface area contributed by atoms with E-state index in [1.165, 1.54) is 0 Å². The molecule has 1 rings (SSSR count). The smallest absolute Gasteiger partial charge is 0.0821 e. The van der Waals surface area contributed by atoms with Crippen molar-refractivity contribution in [3.63, 3.8) is 0 Å². The van der Waals surface area contributed by atoms with Crippen molar-refractivity contribution >= 4 is 11.8 Å². The van der Waals surface area contributed by atoms with Crippen molar-refractivity contribution in [2.75, 3.05) is 31.3 Å². The molecular weight excluding hydrogens is 174 g/mol. The third-order valence-electron chi connectivity index (χ3n) is 2.43. The number of rotatable bonds is 5. The summed E-state index contributed by atoms with van der Waals surface area (Å²) in [4.78, 5) is 0. The van der Waals surface area contributed by atoms with Crippen LogP contribution in [0.3, 0.4) is 0 Å². The molecule has 3 nitrogen and oxygen atoms in total. The first-order valence-electron chi connectivity index (χ1n) is 4.25. The summed E-state index contributed by atoms with van der Waals surface area (Å²) in [5.74, 6) is 2.84. The highest BCUT2D eigenvalue weighted by molar-refractivity contribution is 8.00. The van der Waals surface area contributed by atoms with Gasteiger partial charge in [0.25, 0.3) is 0 Å². The molecule has 72 valence electrons. The van der Waals surface area contributed by atoms with Crippen LogP contribution in [0.4, 0.5) is 0 Å². The lowest BCUT2D eigenvalue weighted by Gasteiger charge is -2.41. The fourth-order valence-electron chi connectivity index (χ4n) is 1.21. The largest absolute Gasteiger partial charge is 0.394 e. The summed E-state index contributed by atoms with van der Waals surface area (Å²) in [6.07, 6.45) is 0. The van der Waals surface area contributed by atoms with E-state index < -0.39 is 0 Å². The van der Waals surface area contributed by atoms with Gasteiger partial charge in [0.15, 0.2) is 0 Å². The molecule has 0 bridgehead atoms. The molecule has 1 heterocycles. The van der Waals surface area contributed by atoms with Crippen molar-refractivity contribution in [3.05, 3.63) is 0 Å². The van der Waals surface area contributed by atoms with E-state index in [4.69, 9.17) is 15.6 Å². The Hall–Kier alpha value is 0.230. The Morgan fingerprint density at radius 2 is 2.33 bits per heavy atom. The number of hydrogen-bond donors (Lipinski definition) is 2. The van der Waals surface area contributed by atoms with Gasteiger partial charge in [-0.15, -0.1) is 0 Å². The highest BCUT2D eigenvalue weighted by atomic mass is 32.2. The van der Waals surface area contributed by atoms with Gasteiger partial charge in [-0.05, 0) is 18.4 Å².